The number of halogens is 1. The molecule has 0 aromatic heterocycles. The van der Waals surface area contributed by atoms with Crippen molar-refractivity contribution in [2.45, 2.75) is 25.8 Å². The van der Waals surface area contributed by atoms with Gasteiger partial charge in [-0.15, -0.1) is 12.4 Å². The molecule has 0 spiro atoms. The molecule has 0 bridgehead atoms. The highest BCUT2D eigenvalue weighted by Gasteiger charge is 2.16. The Bertz CT molecular complexity index is 454. The Labute approximate surface area is 143 Å². The second kappa shape index (κ2) is 10.8. The van der Waals surface area contributed by atoms with Crippen LogP contribution in [0.3, 0.4) is 0 Å². The molecule has 1 saturated heterocycles. The Morgan fingerprint density at radius 2 is 2.27 bits per heavy atom. The number of thioether (sulfide) groups is 1. The Morgan fingerprint density at radius 3 is 3.00 bits per heavy atom. The molecule has 1 amide bonds. The van der Waals surface area contributed by atoms with Crippen LogP contribution in [0.4, 0.5) is 0 Å². The molecule has 0 saturated carbocycles. The predicted octanol–water partition coefficient (Wildman–Crippen LogP) is 2.40. The summed E-state index contributed by atoms with van der Waals surface area (Å²) in [6, 6.07) is 8.30. The zero-order chi connectivity index (χ0) is 14.9. The summed E-state index contributed by atoms with van der Waals surface area (Å²) >= 11 is 1.91. The molecule has 1 fully saturated rings. The summed E-state index contributed by atoms with van der Waals surface area (Å²) < 4.78 is 5.70. The van der Waals surface area contributed by atoms with Gasteiger partial charge in [-0.2, -0.15) is 11.8 Å². The van der Waals surface area contributed by atoms with Crippen LogP contribution in [0.25, 0.3) is 0 Å². The maximum atomic E-state index is 11.8. The van der Waals surface area contributed by atoms with Crippen molar-refractivity contribution in [3.8, 4) is 5.75 Å². The molecule has 2 rings (SSSR count). The first-order valence-electron chi connectivity index (χ1n) is 7.52. The standard InChI is InChI=1S/C16H24N2O2S.ClH/c1-13-5-2-3-6-15(13)20-9-4-7-18-16(19)11-14-12-21-10-8-17-14;/h2-3,5-6,14,17H,4,7-12H2,1H3,(H,18,19);1H. The fourth-order valence-corrected chi connectivity index (χ4v) is 3.20. The van der Waals surface area contributed by atoms with Crippen molar-refractivity contribution in [1.29, 1.82) is 0 Å². The first-order chi connectivity index (χ1) is 10.3. The van der Waals surface area contributed by atoms with Crippen LogP contribution < -0.4 is 15.4 Å². The maximum absolute atomic E-state index is 11.8. The third kappa shape index (κ3) is 6.90. The summed E-state index contributed by atoms with van der Waals surface area (Å²) in [5, 5.41) is 6.34. The van der Waals surface area contributed by atoms with Crippen molar-refractivity contribution in [3.05, 3.63) is 29.8 Å². The summed E-state index contributed by atoms with van der Waals surface area (Å²) in [6.45, 7) is 4.34. The topological polar surface area (TPSA) is 50.4 Å². The smallest absolute Gasteiger partial charge is 0.221 e. The Balaban J connectivity index is 0.00000242. The molecule has 1 aromatic carbocycles. The minimum atomic E-state index is 0. The Morgan fingerprint density at radius 1 is 1.45 bits per heavy atom. The number of carbonyl (C=O) groups is 1. The first kappa shape index (κ1) is 19.1. The molecule has 22 heavy (non-hydrogen) atoms. The van der Waals surface area contributed by atoms with Gasteiger partial charge in [0.2, 0.25) is 5.91 Å². The Hall–Kier alpha value is -0.910. The minimum absolute atomic E-state index is 0. The van der Waals surface area contributed by atoms with Crippen molar-refractivity contribution in [1.82, 2.24) is 10.6 Å². The molecule has 4 nitrogen and oxygen atoms in total. The number of rotatable bonds is 7. The van der Waals surface area contributed by atoms with Crippen LogP contribution in [0, 0.1) is 6.92 Å². The number of hydrogen-bond donors (Lipinski definition) is 2. The summed E-state index contributed by atoms with van der Waals surface area (Å²) in [4.78, 5) is 11.8. The average Bonchev–Trinajstić information content (AvgIpc) is 2.50. The number of hydrogen-bond acceptors (Lipinski definition) is 4. The summed E-state index contributed by atoms with van der Waals surface area (Å²) in [6.07, 6.45) is 1.40. The van der Waals surface area contributed by atoms with Gasteiger partial charge in [0, 0.05) is 37.1 Å². The van der Waals surface area contributed by atoms with E-state index in [9.17, 15) is 4.79 Å². The van der Waals surface area contributed by atoms with Crippen LogP contribution in [0.15, 0.2) is 24.3 Å². The molecule has 1 heterocycles. The van der Waals surface area contributed by atoms with E-state index in [1.807, 2.05) is 43.0 Å². The normalized spacial score (nSPS) is 17.4. The fraction of sp³-hybridized carbons (Fsp3) is 0.562. The summed E-state index contributed by atoms with van der Waals surface area (Å²) in [5.74, 6) is 3.23. The molecule has 124 valence electrons. The van der Waals surface area contributed by atoms with E-state index in [0.29, 0.717) is 25.6 Å². The van der Waals surface area contributed by atoms with E-state index < -0.39 is 0 Å². The molecule has 1 atom stereocenters. The highest BCUT2D eigenvalue weighted by Crippen LogP contribution is 2.16. The second-order valence-corrected chi connectivity index (χ2v) is 6.40. The number of amides is 1. The van der Waals surface area contributed by atoms with E-state index in [1.165, 1.54) is 0 Å². The minimum Gasteiger partial charge on any atom is -0.493 e. The van der Waals surface area contributed by atoms with Gasteiger partial charge in [-0.1, -0.05) is 18.2 Å². The molecule has 1 unspecified atom stereocenters. The zero-order valence-corrected chi connectivity index (χ0v) is 14.6. The fourth-order valence-electron chi connectivity index (χ4n) is 2.25. The van der Waals surface area contributed by atoms with E-state index >= 15 is 0 Å². The lowest BCUT2D eigenvalue weighted by molar-refractivity contribution is -0.121. The van der Waals surface area contributed by atoms with Gasteiger partial charge >= 0.3 is 0 Å². The first-order valence-corrected chi connectivity index (χ1v) is 8.67. The molecule has 0 radical (unpaired) electrons. The molecule has 1 aliphatic rings. The van der Waals surface area contributed by atoms with Crippen LogP contribution in [-0.2, 0) is 4.79 Å². The highest BCUT2D eigenvalue weighted by atomic mass is 35.5. The van der Waals surface area contributed by atoms with Crippen molar-refractivity contribution in [2.75, 3.05) is 31.2 Å². The third-order valence-corrected chi connectivity index (χ3v) is 4.56. The quantitative estimate of drug-likeness (QED) is 0.746. The molecule has 6 heteroatoms. The molecule has 1 aliphatic heterocycles. The number of nitrogens with one attached hydrogen (secondary N) is 2. The van der Waals surface area contributed by atoms with Crippen molar-refractivity contribution in [3.63, 3.8) is 0 Å². The SMILES string of the molecule is Cc1ccccc1OCCCNC(=O)CC1CSCCN1.Cl. The summed E-state index contributed by atoms with van der Waals surface area (Å²) in [5.41, 5.74) is 1.14. The number of ether oxygens (including phenoxy) is 1. The van der Waals surface area contributed by atoms with Crippen LogP contribution >= 0.6 is 24.2 Å². The van der Waals surface area contributed by atoms with E-state index in [4.69, 9.17) is 4.74 Å². The van der Waals surface area contributed by atoms with Gasteiger partial charge in [-0.05, 0) is 25.0 Å². The molecule has 1 aromatic rings. The maximum Gasteiger partial charge on any atom is 0.221 e. The number of benzene rings is 1. The van der Waals surface area contributed by atoms with Crippen molar-refractivity contribution >= 4 is 30.1 Å². The van der Waals surface area contributed by atoms with Gasteiger partial charge in [0.1, 0.15) is 5.75 Å². The second-order valence-electron chi connectivity index (χ2n) is 5.25. The van der Waals surface area contributed by atoms with Gasteiger partial charge in [-0.3, -0.25) is 4.79 Å². The molecule has 2 N–H and O–H groups in total. The number of aryl methyl sites for hydroxylation is 1. The van der Waals surface area contributed by atoms with E-state index in [-0.39, 0.29) is 18.3 Å². The lowest BCUT2D eigenvalue weighted by Gasteiger charge is -2.22. The molecular weight excluding hydrogens is 320 g/mol. The Kier molecular flexibility index (Phi) is 9.36. The van der Waals surface area contributed by atoms with Crippen LogP contribution in [0.5, 0.6) is 5.75 Å². The lowest BCUT2D eigenvalue weighted by Crippen LogP contribution is -2.41. The number of para-hydroxylation sites is 1. The highest BCUT2D eigenvalue weighted by molar-refractivity contribution is 7.99. The van der Waals surface area contributed by atoms with Gasteiger partial charge in [0.05, 0.1) is 6.61 Å². The molecule has 0 aliphatic carbocycles. The van der Waals surface area contributed by atoms with E-state index in [2.05, 4.69) is 10.6 Å². The van der Waals surface area contributed by atoms with Gasteiger partial charge in [-0.25, -0.2) is 0 Å². The number of carbonyl (C=O) groups excluding carboxylic acids is 1. The lowest BCUT2D eigenvalue weighted by atomic mass is 10.2. The largest absolute Gasteiger partial charge is 0.493 e. The van der Waals surface area contributed by atoms with Gasteiger partial charge in [0.25, 0.3) is 0 Å². The summed E-state index contributed by atoms with van der Waals surface area (Å²) in [7, 11) is 0. The van der Waals surface area contributed by atoms with Crippen molar-refractivity contribution < 1.29 is 9.53 Å². The van der Waals surface area contributed by atoms with Crippen molar-refractivity contribution in [2.24, 2.45) is 0 Å². The van der Waals surface area contributed by atoms with Crippen LogP contribution in [0.1, 0.15) is 18.4 Å². The van der Waals surface area contributed by atoms with E-state index in [1.54, 1.807) is 0 Å². The zero-order valence-electron chi connectivity index (χ0n) is 13.0. The van der Waals surface area contributed by atoms with Gasteiger partial charge < -0.3 is 15.4 Å². The van der Waals surface area contributed by atoms with Crippen LogP contribution in [-0.4, -0.2) is 43.2 Å². The van der Waals surface area contributed by atoms with Crippen LogP contribution in [0.2, 0.25) is 0 Å². The molecular formula is C16H25ClN2O2S. The third-order valence-electron chi connectivity index (χ3n) is 3.42. The monoisotopic (exact) mass is 344 g/mol. The predicted molar refractivity (Wildman–Crippen MR) is 95.3 cm³/mol. The average molecular weight is 345 g/mol. The van der Waals surface area contributed by atoms with Gasteiger partial charge in [0.15, 0.2) is 0 Å². The van der Waals surface area contributed by atoms with E-state index in [0.717, 1.165) is 35.8 Å².